The van der Waals surface area contributed by atoms with Gasteiger partial charge in [-0.1, -0.05) is 35.5 Å². The molecule has 0 saturated carbocycles. The van der Waals surface area contributed by atoms with Crippen molar-refractivity contribution in [2.45, 2.75) is 77.9 Å². The molecule has 2 heteroatoms. The SMILES string of the molecule is C=C(C)[C@@H]1CC=C(C)CCC=C(C)CC[C@@H]2O[C@@]2(C)CC1=O. The number of fused-ring (bicyclic) bond motifs is 1. The number of ketones is 1. The van der Waals surface area contributed by atoms with E-state index in [2.05, 4.69) is 39.5 Å². The lowest BCUT2D eigenvalue weighted by Crippen LogP contribution is -2.23. The maximum Gasteiger partial charge on any atom is 0.143 e. The van der Waals surface area contributed by atoms with E-state index in [1.165, 1.54) is 11.1 Å². The molecule has 0 aromatic carbocycles. The minimum atomic E-state index is -0.242. The molecular formula is C20H30O2. The van der Waals surface area contributed by atoms with E-state index < -0.39 is 0 Å². The molecule has 3 atom stereocenters. The Hall–Kier alpha value is -1.15. The topological polar surface area (TPSA) is 29.6 Å². The molecule has 1 fully saturated rings. The third kappa shape index (κ3) is 4.42. The highest BCUT2D eigenvalue weighted by Gasteiger charge is 2.53. The summed E-state index contributed by atoms with van der Waals surface area (Å²) in [6.45, 7) is 12.4. The van der Waals surface area contributed by atoms with Crippen molar-refractivity contribution in [3.63, 3.8) is 0 Å². The van der Waals surface area contributed by atoms with Crippen LogP contribution in [0.3, 0.4) is 0 Å². The first-order valence-electron chi connectivity index (χ1n) is 8.49. The first kappa shape index (κ1) is 17.2. The molecule has 2 rings (SSSR count). The summed E-state index contributed by atoms with van der Waals surface area (Å²) in [5.74, 6) is 0.225. The molecule has 1 aliphatic heterocycles. The summed E-state index contributed by atoms with van der Waals surface area (Å²) in [6, 6.07) is 0. The molecule has 1 heterocycles. The molecule has 0 N–H and O–H groups in total. The van der Waals surface area contributed by atoms with Gasteiger partial charge in [0.1, 0.15) is 5.78 Å². The number of rotatable bonds is 1. The molecule has 0 radical (unpaired) electrons. The Bertz CT molecular complexity index is 512. The molecule has 1 saturated heterocycles. The van der Waals surface area contributed by atoms with E-state index in [4.69, 9.17) is 4.74 Å². The number of Topliss-reactive ketones (excluding diaryl/α,β-unsaturated/α-hetero) is 1. The van der Waals surface area contributed by atoms with Crippen LogP contribution in [0, 0.1) is 5.92 Å². The van der Waals surface area contributed by atoms with E-state index in [9.17, 15) is 4.79 Å². The van der Waals surface area contributed by atoms with Crippen molar-refractivity contribution < 1.29 is 9.53 Å². The Morgan fingerprint density at radius 3 is 2.64 bits per heavy atom. The van der Waals surface area contributed by atoms with Crippen LogP contribution in [0.15, 0.2) is 35.5 Å². The fourth-order valence-corrected chi connectivity index (χ4v) is 3.32. The van der Waals surface area contributed by atoms with Crippen molar-refractivity contribution in [2.75, 3.05) is 0 Å². The summed E-state index contributed by atoms with van der Waals surface area (Å²) in [5, 5.41) is 0. The lowest BCUT2D eigenvalue weighted by atomic mass is 9.85. The van der Waals surface area contributed by atoms with Crippen LogP contribution in [-0.4, -0.2) is 17.5 Å². The highest BCUT2D eigenvalue weighted by atomic mass is 16.6. The van der Waals surface area contributed by atoms with Gasteiger partial charge in [0.05, 0.1) is 11.7 Å². The summed E-state index contributed by atoms with van der Waals surface area (Å²) >= 11 is 0. The second-order valence-corrected chi connectivity index (χ2v) is 7.38. The Morgan fingerprint density at radius 2 is 1.95 bits per heavy atom. The fourth-order valence-electron chi connectivity index (χ4n) is 3.32. The van der Waals surface area contributed by atoms with Crippen LogP contribution < -0.4 is 0 Å². The van der Waals surface area contributed by atoms with Gasteiger partial charge in [-0.05, 0) is 59.8 Å². The average Bonchev–Trinajstić information content (AvgIpc) is 3.05. The normalized spacial score (nSPS) is 34.1. The third-order valence-corrected chi connectivity index (χ3v) is 5.08. The molecule has 2 aliphatic rings. The highest BCUT2D eigenvalue weighted by molar-refractivity contribution is 5.85. The number of ether oxygens (including phenoxy) is 1. The fraction of sp³-hybridized carbons (Fsp3) is 0.650. The molecule has 0 bridgehead atoms. The van der Waals surface area contributed by atoms with Crippen LogP contribution in [-0.2, 0) is 9.53 Å². The zero-order chi connectivity index (χ0) is 16.3. The Morgan fingerprint density at radius 1 is 1.27 bits per heavy atom. The molecular weight excluding hydrogens is 272 g/mol. The van der Waals surface area contributed by atoms with Crippen LogP contribution in [0.1, 0.15) is 66.2 Å². The summed E-state index contributed by atoms with van der Waals surface area (Å²) in [4.78, 5) is 12.7. The van der Waals surface area contributed by atoms with E-state index in [-0.39, 0.29) is 23.4 Å². The lowest BCUT2D eigenvalue weighted by molar-refractivity contribution is -0.122. The molecule has 0 aromatic rings. The van der Waals surface area contributed by atoms with Gasteiger partial charge in [0.25, 0.3) is 0 Å². The highest BCUT2D eigenvalue weighted by Crippen LogP contribution is 2.44. The standard InChI is InChI=1S/C20H30O2/c1-14(2)17-11-9-15(3)7-6-8-16(4)10-12-19-20(5,22-19)13-18(17)21/h8-9,17,19H,1,6-7,10-13H2,2-5H3/t17-,19-,20-/m0/s1. The maximum absolute atomic E-state index is 12.7. The maximum atomic E-state index is 12.7. The van der Waals surface area contributed by atoms with Crippen LogP contribution in [0.5, 0.6) is 0 Å². The van der Waals surface area contributed by atoms with Gasteiger partial charge < -0.3 is 4.74 Å². The molecule has 22 heavy (non-hydrogen) atoms. The average molecular weight is 302 g/mol. The third-order valence-electron chi connectivity index (χ3n) is 5.08. The number of allylic oxidation sites excluding steroid dienone is 5. The van der Waals surface area contributed by atoms with E-state index in [1.54, 1.807) is 0 Å². The van der Waals surface area contributed by atoms with Crippen molar-refractivity contribution >= 4 is 5.78 Å². The summed E-state index contributed by atoms with van der Waals surface area (Å²) in [5.41, 5.74) is 3.53. The van der Waals surface area contributed by atoms with E-state index in [1.807, 2.05) is 6.92 Å². The van der Waals surface area contributed by atoms with Crippen molar-refractivity contribution in [1.82, 2.24) is 0 Å². The number of epoxide rings is 1. The minimum Gasteiger partial charge on any atom is -0.366 e. The Balaban J connectivity index is 2.15. The van der Waals surface area contributed by atoms with Gasteiger partial charge in [-0.15, -0.1) is 0 Å². The smallest absolute Gasteiger partial charge is 0.143 e. The molecule has 0 amide bonds. The van der Waals surface area contributed by atoms with Gasteiger partial charge in [-0.25, -0.2) is 0 Å². The molecule has 0 spiro atoms. The van der Waals surface area contributed by atoms with Crippen LogP contribution in [0.4, 0.5) is 0 Å². The van der Waals surface area contributed by atoms with Gasteiger partial charge in [-0.2, -0.15) is 0 Å². The number of carbonyl (C=O) groups excluding carboxylic acids is 1. The van der Waals surface area contributed by atoms with Crippen molar-refractivity contribution in [3.05, 3.63) is 35.5 Å². The van der Waals surface area contributed by atoms with Gasteiger partial charge in [0.2, 0.25) is 0 Å². The van der Waals surface area contributed by atoms with Crippen molar-refractivity contribution in [3.8, 4) is 0 Å². The Kier molecular flexibility index (Phi) is 5.44. The van der Waals surface area contributed by atoms with Crippen LogP contribution in [0.25, 0.3) is 0 Å². The minimum absolute atomic E-state index is 0.0585. The molecule has 122 valence electrons. The van der Waals surface area contributed by atoms with Gasteiger partial charge in [-0.3, -0.25) is 4.79 Å². The monoisotopic (exact) mass is 302 g/mol. The van der Waals surface area contributed by atoms with E-state index >= 15 is 0 Å². The Labute approximate surface area is 135 Å². The molecule has 2 nitrogen and oxygen atoms in total. The summed E-state index contributed by atoms with van der Waals surface area (Å²) in [7, 11) is 0. The van der Waals surface area contributed by atoms with Crippen LogP contribution >= 0.6 is 0 Å². The van der Waals surface area contributed by atoms with Crippen molar-refractivity contribution in [1.29, 1.82) is 0 Å². The molecule has 1 aliphatic carbocycles. The van der Waals surface area contributed by atoms with Crippen LogP contribution in [0.2, 0.25) is 0 Å². The van der Waals surface area contributed by atoms with Crippen molar-refractivity contribution in [2.24, 2.45) is 5.92 Å². The number of hydrogen-bond acceptors (Lipinski definition) is 2. The zero-order valence-electron chi connectivity index (χ0n) is 14.6. The summed E-state index contributed by atoms with van der Waals surface area (Å²) < 4.78 is 5.86. The molecule has 0 unspecified atom stereocenters. The van der Waals surface area contributed by atoms with Gasteiger partial charge in [0, 0.05) is 12.3 Å². The number of hydrogen-bond donors (Lipinski definition) is 0. The largest absolute Gasteiger partial charge is 0.366 e. The first-order valence-corrected chi connectivity index (χ1v) is 8.49. The zero-order valence-corrected chi connectivity index (χ0v) is 14.6. The summed E-state index contributed by atoms with van der Waals surface area (Å²) in [6.07, 6.45) is 10.4. The first-order chi connectivity index (χ1) is 10.3. The lowest BCUT2D eigenvalue weighted by Gasteiger charge is -2.17. The van der Waals surface area contributed by atoms with Gasteiger partial charge in [0.15, 0.2) is 0 Å². The quantitative estimate of drug-likeness (QED) is 0.495. The second kappa shape index (κ2) is 6.95. The predicted molar refractivity (Wildman–Crippen MR) is 91.8 cm³/mol. The number of carbonyl (C=O) groups is 1. The van der Waals surface area contributed by atoms with E-state index in [0.29, 0.717) is 6.42 Å². The molecule has 0 aromatic heterocycles. The van der Waals surface area contributed by atoms with Gasteiger partial charge >= 0.3 is 0 Å². The van der Waals surface area contributed by atoms with E-state index in [0.717, 1.165) is 37.7 Å². The second-order valence-electron chi connectivity index (χ2n) is 7.38. The predicted octanol–water partition coefficient (Wildman–Crippen LogP) is 5.15.